The molecule has 0 spiro atoms. The highest BCUT2D eigenvalue weighted by Crippen LogP contribution is 2.11. The van der Waals surface area contributed by atoms with Crippen molar-refractivity contribution in [2.75, 3.05) is 12.3 Å². The Morgan fingerprint density at radius 1 is 1.40 bits per heavy atom. The smallest absolute Gasteiger partial charge is 0.230 e. The van der Waals surface area contributed by atoms with E-state index in [0.717, 1.165) is 6.42 Å². The third-order valence-corrected chi connectivity index (χ3v) is 3.90. The number of hydrogen-bond donors (Lipinski definition) is 1. The van der Waals surface area contributed by atoms with Crippen molar-refractivity contribution < 1.29 is 4.79 Å². The number of hydrogen-bond acceptors (Lipinski definition) is 5. The van der Waals surface area contributed by atoms with E-state index >= 15 is 0 Å². The fraction of sp³-hybridized carbons (Fsp3) is 0.385. The van der Waals surface area contributed by atoms with Crippen molar-refractivity contribution in [2.45, 2.75) is 18.5 Å². The van der Waals surface area contributed by atoms with E-state index in [1.54, 1.807) is 11.7 Å². The topological polar surface area (TPSA) is 72.7 Å². The molecule has 1 aromatic heterocycles. The van der Waals surface area contributed by atoms with Crippen LogP contribution in [0.4, 0.5) is 0 Å². The van der Waals surface area contributed by atoms with Gasteiger partial charge in [-0.3, -0.25) is 4.79 Å². The van der Waals surface area contributed by atoms with Gasteiger partial charge in [-0.15, -0.1) is 5.10 Å². The first-order valence-corrected chi connectivity index (χ1v) is 7.31. The van der Waals surface area contributed by atoms with Crippen LogP contribution < -0.4 is 5.32 Å². The molecular formula is C13H17N5OS. The molecule has 0 bridgehead atoms. The second kappa shape index (κ2) is 7.04. The second-order valence-electron chi connectivity index (χ2n) is 4.40. The molecule has 2 aromatic rings. The van der Waals surface area contributed by atoms with Gasteiger partial charge in [0.05, 0.1) is 5.75 Å². The molecule has 0 saturated heterocycles. The first-order chi connectivity index (χ1) is 9.66. The summed E-state index contributed by atoms with van der Waals surface area (Å²) in [5.41, 5.74) is 2.51. The minimum absolute atomic E-state index is 0.00779. The normalized spacial score (nSPS) is 10.5. The van der Waals surface area contributed by atoms with Gasteiger partial charge in [0.25, 0.3) is 0 Å². The number of carbonyl (C=O) groups is 1. The molecule has 0 aliphatic heterocycles. The van der Waals surface area contributed by atoms with Crippen LogP contribution in [0.2, 0.25) is 0 Å². The summed E-state index contributed by atoms with van der Waals surface area (Å²) < 4.78 is 1.55. The zero-order chi connectivity index (χ0) is 14.4. The van der Waals surface area contributed by atoms with Gasteiger partial charge >= 0.3 is 0 Å². The monoisotopic (exact) mass is 291 g/mol. The molecule has 0 radical (unpaired) electrons. The summed E-state index contributed by atoms with van der Waals surface area (Å²) in [5.74, 6) is 0.314. The molecule has 7 heteroatoms. The third kappa shape index (κ3) is 4.06. The predicted molar refractivity (Wildman–Crippen MR) is 77.4 cm³/mol. The number of aryl methyl sites for hydroxylation is 2. The van der Waals surface area contributed by atoms with Crippen molar-refractivity contribution in [3.63, 3.8) is 0 Å². The number of nitrogens with one attached hydrogen (secondary N) is 1. The van der Waals surface area contributed by atoms with E-state index in [4.69, 9.17) is 0 Å². The van der Waals surface area contributed by atoms with Crippen molar-refractivity contribution in [1.29, 1.82) is 0 Å². The largest absolute Gasteiger partial charge is 0.355 e. The molecule has 6 nitrogen and oxygen atoms in total. The number of tetrazole rings is 1. The molecule has 0 aliphatic rings. The van der Waals surface area contributed by atoms with Crippen LogP contribution in [0.3, 0.4) is 0 Å². The highest BCUT2D eigenvalue weighted by atomic mass is 32.2. The molecule has 106 valence electrons. The van der Waals surface area contributed by atoms with E-state index in [9.17, 15) is 4.79 Å². The molecule has 2 rings (SSSR count). The lowest BCUT2D eigenvalue weighted by atomic mass is 10.1. The summed E-state index contributed by atoms with van der Waals surface area (Å²) in [4.78, 5) is 11.7. The van der Waals surface area contributed by atoms with E-state index in [1.165, 1.54) is 22.9 Å². The van der Waals surface area contributed by atoms with Gasteiger partial charge in [-0.2, -0.15) is 0 Å². The van der Waals surface area contributed by atoms with Crippen molar-refractivity contribution >= 4 is 17.7 Å². The number of aromatic nitrogens is 4. The Hall–Kier alpha value is -1.89. The Kier molecular flexibility index (Phi) is 5.11. The van der Waals surface area contributed by atoms with Crippen LogP contribution in [-0.2, 0) is 18.3 Å². The van der Waals surface area contributed by atoms with Crippen molar-refractivity contribution in [3.05, 3.63) is 35.4 Å². The van der Waals surface area contributed by atoms with Gasteiger partial charge in [0.2, 0.25) is 11.1 Å². The Balaban J connectivity index is 1.71. The molecular weight excluding hydrogens is 274 g/mol. The summed E-state index contributed by atoms with van der Waals surface area (Å²) in [6, 6.07) is 8.19. The van der Waals surface area contributed by atoms with Gasteiger partial charge < -0.3 is 5.32 Å². The van der Waals surface area contributed by atoms with Gasteiger partial charge in [-0.05, 0) is 34.9 Å². The highest BCUT2D eigenvalue weighted by Gasteiger charge is 2.07. The lowest BCUT2D eigenvalue weighted by Gasteiger charge is -2.07. The van der Waals surface area contributed by atoms with Crippen molar-refractivity contribution in [2.24, 2.45) is 7.05 Å². The van der Waals surface area contributed by atoms with Gasteiger partial charge in [0.1, 0.15) is 0 Å². The minimum atomic E-state index is -0.00779. The second-order valence-corrected chi connectivity index (χ2v) is 5.34. The van der Waals surface area contributed by atoms with Crippen LogP contribution >= 0.6 is 11.8 Å². The number of benzene rings is 1. The third-order valence-electron chi connectivity index (χ3n) is 2.89. The fourth-order valence-corrected chi connectivity index (χ4v) is 2.43. The Labute approximate surface area is 121 Å². The van der Waals surface area contributed by atoms with Gasteiger partial charge in [-0.1, -0.05) is 36.0 Å². The van der Waals surface area contributed by atoms with Crippen LogP contribution in [0.5, 0.6) is 0 Å². The first kappa shape index (κ1) is 14.5. The molecule has 1 heterocycles. The number of amides is 1. The van der Waals surface area contributed by atoms with Gasteiger partial charge in [-0.25, -0.2) is 4.68 Å². The zero-order valence-corrected chi connectivity index (χ0v) is 12.4. The number of rotatable bonds is 6. The molecule has 1 N–H and O–H groups in total. The molecule has 0 aliphatic carbocycles. The van der Waals surface area contributed by atoms with E-state index in [2.05, 4.69) is 39.9 Å². The number of thioether (sulfide) groups is 1. The summed E-state index contributed by atoms with van der Waals surface area (Å²) in [6.45, 7) is 2.72. The van der Waals surface area contributed by atoms with E-state index < -0.39 is 0 Å². The van der Waals surface area contributed by atoms with Gasteiger partial charge in [0, 0.05) is 13.6 Å². The average molecular weight is 291 g/mol. The number of carbonyl (C=O) groups excluding carboxylic acids is 1. The molecule has 1 aromatic carbocycles. The Bertz CT molecular complexity index is 584. The molecule has 20 heavy (non-hydrogen) atoms. The summed E-state index contributed by atoms with van der Waals surface area (Å²) in [7, 11) is 1.75. The zero-order valence-electron chi connectivity index (χ0n) is 11.5. The molecule has 1 amide bonds. The maximum atomic E-state index is 11.7. The van der Waals surface area contributed by atoms with Crippen molar-refractivity contribution in [3.8, 4) is 0 Å². The first-order valence-electron chi connectivity index (χ1n) is 6.33. The molecule has 0 atom stereocenters. The molecule has 0 saturated carbocycles. The van der Waals surface area contributed by atoms with Crippen LogP contribution in [0.25, 0.3) is 0 Å². The standard InChI is InChI=1S/C13H17N5OS/c1-10-5-3-4-6-11(10)7-8-14-12(19)9-20-13-15-16-17-18(13)2/h3-6H,7-9H2,1-2H3,(H,14,19). The van der Waals surface area contributed by atoms with Crippen LogP contribution in [0.1, 0.15) is 11.1 Å². The maximum Gasteiger partial charge on any atom is 0.230 e. The fourth-order valence-electron chi connectivity index (χ4n) is 1.75. The van der Waals surface area contributed by atoms with Crippen LogP contribution in [0.15, 0.2) is 29.4 Å². The Morgan fingerprint density at radius 2 is 2.20 bits per heavy atom. The summed E-state index contributed by atoms with van der Waals surface area (Å²) >= 11 is 1.33. The van der Waals surface area contributed by atoms with E-state index in [1.807, 2.05) is 12.1 Å². The Morgan fingerprint density at radius 3 is 2.90 bits per heavy atom. The van der Waals surface area contributed by atoms with Crippen LogP contribution in [-0.4, -0.2) is 38.4 Å². The molecule has 0 unspecified atom stereocenters. The summed E-state index contributed by atoms with van der Waals surface area (Å²) in [6.07, 6.45) is 0.842. The summed E-state index contributed by atoms with van der Waals surface area (Å²) in [5, 5.41) is 14.6. The lowest BCUT2D eigenvalue weighted by molar-refractivity contribution is -0.118. The SMILES string of the molecule is Cc1ccccc1CCNC(=O)CSc1nnnn1C. The number of nitrogens with zero attached hydrogens (tertiary/aromatic N) is 4. The van der Waals surface area contributed by atoms with E-state index in [-0.39, 0.29) is 5.91 Å². The minimum Gasteiger partial charge on any atom is -0.355 e. The molecule has 0 fully saturated rings. The van der Waals surface area contributed by atoms with Gasteiger partial charge in [0.15, 0.2) is 0 Å². The average Bonchev–Trinajstić information content (AvgIpc) is 2.84. The van der Waals surface area contributed by atoms with Crippen LogP contribution in [0, 0.1) is 6.92 Å². The van der Waals surface area contributed by atoms with Crippen molar-refractivity contribution in [1.82, 2.24) is 25.5 Å². The van der Waals surface area contributed by atoms with E-state index in [0.29, 0.717) is 17.5 Å². The highest BCUT2D eigenvalue weighted by molar-refractivity contribution is 7.99. The quantitative estimate of drug-likeness (QED) is 0.803. The predicted octanol–water partition coefficient (Wildman–Crippen LogP) is 0.970. The maximum absolute atomic E-state index is 11.7. The lowest BCUT2D eigenvalue weighted by Crippen LogP contribution is -2.27.